The first kappa shape index (κ1) is 33.5. The highest BCUT2D eigenvalue weighted by Crippen LogP contribution is 2.24. The number of hydrogen-bond donors (Lipinski definition) is 6. The summed E-state index contributed by atoms with van der Waals surface area (Å²) in [5, 5.41) is 26.7. The molecule has 10 nitrogen and oxygen atoms in total. The Labute approximate surface area is 280 Å². The molecule has 47 heavy (non-hydrogen) atoms. The van der Waals surface area contributed by atoms with Gasteiger partial charge in [-0.3, -0.25) is 0 Å². The third-order valence-electron chi connectivity index (χ3n) is 7.99. The molecule has 0 unspecified atom stereocenters. The van der Waals surface area contributed by atoms with E-state index < -0.39 is 0 Å². The second-order valence-electron chi connectivity index (χ2n) is 11.7. The largest absolute Gasteiger partial charge is 0.393 e. The van der Waals surface area contributed by atoms with Gasteiger partial charge in [0.05, 0.1) is 35.7 Å². The van der Waals surface area contributed by atoms with Gasteiger partial charge in [-0.25, -0.2) is 9.97 Å². The number of nitrogens with one attached hydrogen (secondary N) is 2. The molecule has 6 rings (SSSR count). The van der Waals surface area contributed by atoms with Crippen LogP contribution < -0.4 is 22.1 Å². The topological polar surface area (TPSA) is 168 Å². The van der Waals surface area contributed by atoms with Crippen LogP contribution in [0.15, 0.2) is 67.0 Å². The molecule has 8 N–H and O–H groups in total. The predicted octanol–water partition coefficient (Wildman–Crippen LogP) is 5.00. The van der Waals surface area contributed by atoms with Crippen molar-refractivity contribution in [1.82, 2.24) is 19.9 Å². The highest BCUT2D eigenvalue weighted by atomic mass is 35.5. The van der Waals surface area contributed by atoms with Crippen molar-refractivity contribution < 1.29 is 10.2 Å². The fourth-order valence-electron chi connectivity index (χ4n) is 5.35. The Morgan fingerprint density at radius 2 is 1.02 bits per heavy atom. The highest BCUT2D eigenvalue weighted by molar-refractivity contribution is 6.30. The lowest BCUT2D eigenvalue weighted by molar-refractivity contribution is 0.125. The maximum Gasteiger partial charge on any atom is 0.222 e. The summed E-state index contributed by atoms with van der Waals surface area (Å²) in [4.78, 5) is 16.6. The molecule has 0 radical (unpaired) electrons. The Bertz CT molecular complexity index is 1730. The molecule has 11 heteroatoms. The number of nitrogen functional groups attached to an aromatic ring is 2. The zero-order valence-electron chi connectivity index (χ0n) is 26.0. The van der Waals surface area contributed by atoms with Crippen molar-refractivity contribution in [3.05, 3.63) is 94.3 Å². The zero-order valence-corrected chi connectivity index (χ0v) is 26.8. The number of nitrogens with two attached hydrogens (primary N) is 2. The maximum atomic E-state index is 9.62. The van der Waals surface area contributed by atoms with Crippen LogP contribution in [0.1, 0.15) is 73.6 Å². The first-order valence-electron chi connectivity index (χ1n) is 15.8. The lowest BCUT2D eigenvalue weighted by Crippen LogP contribution is -2.29. The van der Waals surface area contributed by atoms with E-state index in [9.17, 15) is 10.2 Å². The van der Waals surface area contributed by atoms with Gasteiger partial charge in [-0.2, -0.15) is 9.97 Å². The van der Waals surface area contributed by atoms with Crippen molar-refractivity contribution in [2.45, 2.75) is 75.7 Å². The molecule has 4 aromatic rings. The molecule has 0 aliphatic heterocycles. The van der Waals surface area contributed by atoms with Gasteiger partial charge in [-0.15, -0.1) is 0 Å². The van der Waals surface area contributed by atoms with Gasteiger partial charge in [0, 0.05) is 28.2 Å². The van der Waals surface area contributed by atoms with E-state index in [-0.39, 0.29) is 36.2 Å². The lowest BCUT2D eigenvalue weighted by Gasteiger charge is -2.26. The summed E-state index contributed by atoms with van der Waals surface area (Å²) in [6.45, 7) is 0. The van der Waals surface area contributed by atoms with Crippen molar-refractivity contribution in [1.29, 1.82) is 0 Å². The molecule has 2 heterocycles. The molecule has 0 saturated heterocycles. The van der Waals surface area contributed by atoms with E-state index in [0.717, 1.165) is 68.1 Å². The van der Waals surface area contributed by atoms with E-state index in [0.29, 0.717) is 22.2 Å². The summed E-state index contributed by atoms with van der Waals surface area (Å²) in [6, 6.07) is 17.7. The number of rotatable bonds is 4. The van der Waals surface area contributed by atoms with Gasteiger partial charge in [0.1, 0.15) is 11.6 Å². The minimum absolute atomic E-state index is 0.180. The van der Waals surface area contributed by atoms with Crippen LogP contribution in [0, 0.1) is 23.7 Å². The molecule has 242 valence electrons. The Hall–Kier alpha value is -4.87. The second-order valence-corrected chi connectivity index (χ2v) is 12.1. The lowest BCUT2D eigenvalue weighted by atomic mass is 9.93. The third kappa shape index (κ3) is 10.6. The third-order valence-corrected chi connectivity index (χ3v) is 8.24. The van der Waals surface area contributed by atoms with Crippen molar-refractivity contribution in [2.75, 3.05) is 22.1 Å². The van der Waals surface area contributed by atoms with E-state index in [4.69, 9.17) is 23.1 Å². The smallest absolute Gasteiger partial charge is 0.222 e. The molecule has 2 aliphatic rings. The van der Waals surface area contributed by atoms with Crippen LogP contribution in [0.4, 0.5) is 23.5 Å². The van der Waals surface area contributed by atoms with Gasteiger partial charge >= 0.3 is 0 Å². The van der Waals surface area contributed by atoms with Gasteiger partial charge in [0.15, 0.2) is 0 Å². The van der Waals surface area contributed by atoms with E-state index >= 15 is 0 Å². The standard InChI is InChI=1S/C18H19ClN4O.C18H20N4O/c19-14-5-2-12(3-6-14)1-4-13-11-21-18(20)23-17(13)22-15-7-9-16(24)10-8-15;19-18-20-12-14(7-6-13-4-2-1-3-5-13)17(22-18)21-15-8-10-16(23)11-9-15/h2-3,5-6,11,15-16,24H,7-10H2,(H3,20,21,22,23);1-5,12,15-16,23H,8-11H2,(H3,19,20,21,22). The second kappa shape index (κ2) is 16.6. The fourth-order valence-corrected chi connectivity index (χ4v) is 5.48. The molecule has 0 spiro atoms. The molecule has 0 atom stereocenters. The molecule has 2 aromatic carbocycles. The first-order chi connectivity index (χ1) is 22.8. The summed E-state index contributed by atoms with van der Waals surface area (Å²) < 4.78 is 0. The van der Waals surface area contributed by atoms with Gasteiger partial charge in [0.25, 0.3) is 0 Å². The Morgan fingerprint density at radius 1 is 0.596 bits per heavy atom. The molecule has 0 amide bonds. The fraction of sp³-hybridized carbons (Fsp3) is 0.333. The first-order valence-corrected chi connectivity index (χ1v) is 16.2. The number of benzene rings is 2. The summed E-state index contributed by atoms with van der Waals surface area (Å²) in [7, 11) is 0. The quantitative estimate of drug-likeness (QED) is 0.165. The van der Waals surface area contributed by atoms with Gasteiger partial charge in [-0.05, 0) is 87.8 Å². The minimum atomic E-state index is -0.192. The number of hydrogen-bond acceptors (Lipinski definition) is 10. The number of aromatic nitrogens is 4. The molecule has 2 saturated carbocycles. The van der Waals surface area contributed by atoms with Crippen LogP contribution in [0.2, 0.25) is 5.02 Å². The SMILES string of the molecule is Nc1ncc(C#Cc2ccc(Cl)cc2)c(NC2CCC(O)CC2)n1.Nc1ncc(C#Cc2ccccc2)c(NC2CCC(O)CC2)n1. The van der Waals surface area contributed by atoms with E-state index in [1.54, 1.807) is 24.5 Å². The summed E-state index contributed by atoms with van der Waals surface area (Å²) in [5.41, 5.74) is 14.7. The molecular formula is C36H39ClN8O2. The Balaban J connectivity index is 0.000000185. The Kier molecular flexibility index (Phi) is 11.8. The van der Waals surface area contributed by atoms with Crippen LogP contribution >= 0.6 is 11.6 Å². The average molecular weight is 651 g/mol. The number of nitrogens with zero attached hydrogens (tertiary/aromatic N) is 4. The maximum absolute atomic E-state index is 9.62. The number of anilines is 4. The van der Waals surface area contributed by atoms with Gasteiger partial charge in [-0.1, -0.05) is 53.5 Å². The monoisotopic (exact) mass is 650 g/mol. The normalized spacial score (nSPS) is 20.2. The Morgan fingerprint density at radius 3 is 1.47 bits per heavy atom. The van der Waals surface area contributed by atoms with Crippen molar-refractivity contribution >= 4 is 35.1 Å². The van der Waals surface area contributed by atoms with Crippen molar-refractivity contribution in [2.24, 2.45) is 0 Å². The number of aliphatic hydroxyl groups excluding tert-OH is 2. The zero-order chi connectivity index (χ0) is 33.0. The van der Waals surface area contributed by atoms with Crippen molar-refractivity contribution in [3.8, 4) is 23.7 Å². The van der Waals surface area contributed by atoms with E-state index in [1.807, 2.05) is 42.5 Å². The van der Waals surface area contributed by atoms with Crippen LogP contribution in [-0.4, -0.2) is 54.4 Å². The minimum Gasteiger partial charge on any atom is -0.393 e. The molecule has 2 aliphatic carbocycles. The molecule has 0 bridgehead atoms. The summed E-state index contributed by atoms with van der Waals surface area (Å²) >= 11 is 5.88. The van der Waals surface area contributed by atoms with Gasteiger partial charge < -0.3 is 32.3 Å². The molecule has 2 fully saturated rings. The van der Waals surface area contributed by atoms with E-state index in [2.05, 4.69) is 54.3 Å². The van der Waals surface area contributed by atoms with Crippen LogP contribution in [0.25, 0.3) is 0 Å². The van der Waals surface area contributed by atoms with Crippen molar-refractivity contribution in [3.63, 3.8) is 0 Å². The molecular weight excluding hydrogens is 612 g/mol. The average Bonchev–Trinajstić information content (AvgIpc) is 3.08. The summed E-state index contributed by atoms with van der Waals surface area (Å²) in [6.07, 6.45) is 9.74. The van der Waals surface area contributed by atoms with Crippen LogP contribution in [-0.2, 0) is 0 Å². The number of aliphatic hydroxyl groups is 2. The highest BCUT2D eigenvalue weighted by Gasteiger charge is 2.21. The molecule has 2 aromatic heterocycles. The predicted molar refractivity (Wildman–Crippen MR) is 187 cm³/mol. The number of halogens is 1. The van der Waals surface area contributed by atoms with Crippen LogP contribution in [0.5, 0.6) is 0 Å². The summed E-state index contributed by atoms with van der Waals surface area (Å²) in [5.74, 6) is 14.2. The van der Waals surface area contributed by atoms with E-state index in [1.165, 1.54) is 0 Å². The van der Waals surface area contributed by atoms with Gasteiger partial charge in [0.2, 0.25) is 11.9 Å². The van der Waals surface area contributed by atoms with Crippen LogP contribution in [0.3, 0.4) is 0 Å².